The van der Waals surface area contributed by atoms with E-state index < -0.39 is 26.5 Å². The molecule has 1 aromatic carbocycles. The van der Waals surface area contributed by atoms with Gasteiger partial charge in [0.25, 0.3) is 0 Å². The first-order chi connectivity index (χ1) is 16.4. The number of unbranched alkanes of at least 4 members (excludes halogenated alkanes) is 2. The van der Waals surface area contributed by atoms with Crippen LogP contribution in [-0.2, 0) is 25.3 Å². The van der Waals surface area contributed by atoms with Crippen molar-refractivity contribution in [2.45, 2.75) is 110 Å². The summed E-state index contributed by atoms with van der Waals surface area (Å²) in [6, 6.07) is 7.66. The number of rotatable bonds is 16. The Morgan fingerprint density at radius 1 is 1.09 bits per heavy atom. The highest BCUT2D eigenvalue weighted by molar-refractivity contribution is 6.74. The van der Waals surface area contributed by atoms with Gasteiger partial charge in [0, 0.05) is 12.2 Å². The van der Waals surface area contributed by atoms with Gasteiger partial charge in [-0.05, 0) is 68.6 Å². The number of benzene rings is 1. The van der Waals surface area contributed by atoms with Gasteiger partial charge < -0.3 is 23.7 Å². The molecular formula is C28H48O6Si. The molecule has 0 fully saturated rings. The van der Waals surface area contributed by atoms with Crippen molar-refractivity contribution >= 4 is 14.3 Å². The number of hydrogen-bond acceptors (Lipinski definition) is 6. The average Bonchev–Trinajstić information content (AvgIpc) is 2.78. The number of esters is 1. The maximum absolute atomic E-state index is 11.7. The maximum atomic E-state index is 11.7. The maximum Gasteiger partial charge on any atom is 0.330 e. The van der Waals surface area contributed by atoms with E-state index in [0.29, 0.717) is 19.6 Å². The summed E-state index contributed by atoms with van der Waals surface area (Å²) in [6.07, 6.45) is 6.42. The van der Waals surface area contributed by atoms with Crippen molar-refractivity contribution < 1.29 is 28.5 Å². The number of aliphatic hydroxyl groups excluding tert-OH is 1. The van der Waals surface area contributed by atoms with Crippen LogP contribution in [0.25, 0.3) is 0 Å². The lowest BCUT2D eigenvalue weighted by Gasteiger charge is -2.38. The van der Waals surface area contributed by atoms with Gasteiger partial charge in [-0.15, -0.1) is 0 Å². The number of carbonyl (C=O) groups excluding carboxylic acids is 1. The summed E-state index contributed by atoms with van der Waals surface area (Å²) in [4.78, 5) is 11.7. The molecular weight excluding hydrogens is 460 g/mol. The quantitative estimate of drug-likeness (QED) is 0.120. The van der Waals surface area contributed by atoms with E-state index in [4.69, 9.17) is 18.6 Å². The third kappa shape index (κ3) is 12.2. The molecule has 1 unspecified atom stereocenters. The number of aliphatic hydroxyl groups is 1. The highest BCUT2D eigenvalue weighted by Gasteiger charge is 2.38. The highest BCUT2D eigenvalue weighted by atomic mass is 28.4. The highest BCUT2D eigenvalue weighted by Crippen LogP contribution is 2.37. The largest absolute Gasteiger partial charge is 0.497 e. The lowest BCUT2D eigenvalue weighted by atomic mass is 10.0. The van der Waals surface area contributed by atoms with E-state index >= 15 is 0 Å². The number of methoxy groups -OCH3 is 1. The van der Waals surface area contributed by atoms with Gasteiger partial charge >= 0.3 is 5.97 Å². The zero-order chi connectivity index (χ0) is 26.5. The van der Waals surface area contributed by atoms with E-state index in [0.717, 1.165) is 37.0 Å². The van der Waals surface area contributed by atoms with E-state index in [2.05, 4.69) is 40.8 Å². The summed E-state index contributed by atoms with van der Waals surface area (Å²) in [5.74, 6) is 0.325. The van der Waals surface area contributed by atoms with Crippen molar-refractivity contribution in [1.29, 1.82) is 0 Å². The smallest absolute Gasteiger partial charge is 0.330 e. The molecule has 0 saturated heterocycles. The normalized spacial score (nSPS) is 15.1. The van der Waals surface area contributed by atoms with E-state index in [1.54, 1.807) is 14.0 Å². The Morgan fingerprint density at radius 3 is 2.29 bits per heavy atom. The molecule has 0 aliphatic heterocycles. The monoisotopic (exact) mass is 508 g/mol. The van der Waals surface area contributed by atoms with E-state index in [1.165, 1.54) is 12.2 Å². The Morgan fingerprint density at radius 2 is 1.71 bits per heavy atom. The van der Waals surface area contributed by atoms with Gasteiger partial charge in [0.2, 0.25) is 0 Å². The molecule has 1 N–H and O–H groups in total. The second-order valence-electron chi connectivity index (χ2n) is 10.6. The van der Waals surface area contributed by atoms with E-state index in [1.807, 2.05) is 24.3 Å². The zero-order valence-electron chi connectivity index (χ0n) is 23.1. The fraction of sp³-hybridized carbons (Fsp3) is 0.679. The predicted octanol–water partition coefficient (Wildman–Crippen LogP) is 6.42. The van der Waals surface area contributed by atoms with Crippen LogP contribution in [0.15, 0.2) is 36.4 Å². The summed E-state index contributed by atoms with van der Waals surface area (Å²) in [5.41, 5.74) is 0.994. The van der Waals surface area contributed by atoms with Crippen molar-refractivity contribution in [2.75, 3.05) is 13.7 Å². The molecule has 0 amide bonds. The van der Waals surface area contributed by atoms with Gasteiger partial charge in [0.05, 0.1) is 32.5 Å². The van der Waals surface area contributed by atoms with Gasteiger partial charge in [-0.25, -0.2) is 4.79 Å². The fourth-order valence-electron chi connectivity index (χ4n) is 3.46. The molecule has 0 aromatic heterocycles. The lowest BCUT2D eigenvalue weighted by Crippen LogP contribution is -2.43. The summed E-state index contributed by atoms with van der Waals surface area (Å²) < 4.78 is 22.7. The predicted molar refractivity (Wildman–Crippen MR) is 144 cm³/mol. The second-order valence-corrected chi connectivity index (χ2v) is 15.4. The summed E-state index contributed by atoms with van der Waals surface area (Å²) in [5, 5.41) is 10.9. The molecule has 0 radical (unpaired) electrons. The number of carbonyl (C=O) groups is 1. The fourth-order valence-corrected chi connectivity index (χ4v) is 4.94. The molecule has 0 bridgehead atoms. The van der Waals surface area contributed by atoms with Gasteiger partial charge in [0.15, 0.2) is 8.32 Å². The van der Waals surface area contributed by atoms with Crippen LogP contribution in [0.4, 0.5) is 0 Å². The van der Waals surface area contributed by atoms with E-state index in [9.17, 15) is 9.90 Å². The summed E-state index contributed by atoms with van der Waals surface area (Å²) in [6.45, 7) is 16.0. The van der Waals surface area contributed by atoms with Crippen LogP contribution in [0, 0.1) is 0 Å². The van der Waals surface area contributed by atoms with Crippen LogP contribution in [0.3, 0.4) is 0 Å². The Labute approximate surface area is 214 Å². The number of hydrogen-bond donors (Lipinski definition) is 1. The van der Waals surface area contributed by atoms with Crippen LogP contribution in [0.2, 0.25) is 18.1 Å². The molecule has 1 aromatic rings. The minimum absolute atomic E-state index is 0.211. The molecule has 200 valence electrons. The van der Waals surface area contributed by atoms with Crippen LogP contribution in [0.5, 0.6) is 5.75 Å². The van der Waals surface area contributed by atoms with Crippen molar-refractivity contribution in [3.63, 3.8) is 0 Å². The third-order valence-corrected chi connectivity index (χ3v) is 11.2. The molecule has 35 heavy (non-hydrogen) atoms. The summed E-state index contributed by atoms with van der Waals surface area (Å²) in [7, 11) is -0.116. The molecule has 0 spiro atoms. The van der Waals surface area contributed by atoms with Crippen LogP contribution in [0.1, 0.15) is 72.3 Å². The van der Waals surface area contributed by atoms with Gasteiger partial charge in [0.1, 0.15) is 5.75 Å². The lowest BCUT2D eigenvalue weighted by molar-refractivity contribution is -0.137. The molecule has 7 heteroatoms. The molecule has 0 aliphatic carbocycles. The number of ether oxygens (including phenoxy) is 3. The summed E-state index contributed by atoms with van der Waals surface area (Å²) >= 11 is 0. The van der Waals surface area contributed by atoms with Crippen LogP contribution in [-0.4, -0.2) is 51.4 Å². The Balaban J connectivity index is 2.59. The van der Waals surface area contributed by atoms with Crippen molar-refractivity contribution in [2.24, 2.45) is 0 Å². The zero-order valence-corrected chi connectivity index (χ0v) is 24.1. The Bertz CT molecular complexity index is 754. The Hall–Kier alpha value is -1.67. The van der Waals surface area contributed by atoms with Crippen molar-refractivity contribution in [3.05, 3.63) is 42.0 Å². The van der Waals surface area contributed by atoms with E-state index in [-0.39, 0.29) is 11.1 Å². The van der Waals surface area contributed by atoms with Gasteiger partial charge in [-0.2, -0.15) is 0 Å². The molecule has 0 saturated carbocycles. The van der Waals surface area contributed by atoms with Crippen molar-refractivity contribution in [1.82, 2.24) is 0 Å². The van der Waals surface area contributed by atoms with Gasteiger partial charge in [-0.1, -0.05) is 52.2 Å². The average molecular weight is 509 g/mol. The first-order valence-electron chi connectivity index (χ1n) is 12.8. The minimum atomic E-state index is -1.75. The van der Waals surface area contributed by atoms with Crippen molar-refractivity contribution in [3.8, 4) is 5.75 Å². The molecule has 6 nitrogen and oxygen atoms in total. The standard InChI is InChI=1S/C28H48O6Si/c1-9-32-27(30)20-19-25(29)26(33-21-23-15-17-24(31-6)18-16-23)14-12-10-11-13-22(2)34-35(7,8)28(3,4)5/h15-20,22,25-26,29H,9-14,21H2,1-8H3/b20-19+/t22-,25?,26+/m0/s1. The molecule has 1 rings (SSSR count). The second kappa shape index (κ2) is 15.4. The van der Waals surface area contributed by atoms with Crippen LogP contribution >= 0.6 is 0 Å². The first kappa shape index (κ1) is 31.4. The molecule has 3 atom stereocenters. The SMILES string of the molecule is CCOC(=O)/C=C/C(O)[C@@H](CCCCC[C@H](C)O[Si](C)(C)C(C)(C)C)OCc1ccc(OC)cc1. The minimum Gasteiger partial charge on any atom is -0.497 e. The molecule has 0 heterocycles. The molecule has 0 aliphatic rings. The topological polar surface area (TPSA) is 74.2 Å². The first-order valence-corrected chi connectivity index (χ1v) is 15.8. The van der Waals surface area contributed by atoms with Gasteiger partial charge in [-0.3, -0.25) is 0 Å². The Kier molecular flexibility index (Phi) is 13.8. The van der Waals surface area contributed by atoms with Crippen LogP contribution < -0.4 is 4.74 Å². The third-order valence-electron chi connectivity index (χ3n) is 6.62.